The molecule has 3 heterocycles. The molecular formula is C27H26N4OS2. The van der Waals surface area contributed by atoms with Crippen molar-refractivity contribution in [1.29, 1.82) is 5.26 Å². The van der Waals surface area contributed by atoms with Crippen molar-refractivity contribution in [1.82, 2.24) is 9.88 Å². The molecule has 0 saturated carbocycles. The average Bonchev–Trinajstić information content (AvgIpc) is 3.46. The molecule has 5 rings (SSSR count). The highest BCUT2D eigenvalue weighted by Crippen LogP contribution is 2.39. The Hall–Kier alpha value is -3.08. The van der Waals surface area contributed by atoms with Crippen LogP contribution in [0.3, 0.4) is 0 Å². The maximum Gasteiger partial charge on any atom is 0.264 e. The third-order valence-corrected chi connectivity index (χ3v) is 8.64. The number of carbonyl (C=O) groups excluding carboxylic acids is 1. The lowest BCUT2D eigenvalue weighted by Crippen LogP contribution is -2.19. The van der Waals surface area contributed by atoms with Gasteiger partial charge in [0.25, 0.3) is 5.91 Å². The van der Waals surface area contributed by atoms with Crippen LogP contribution < -0.4 is 5.32 Å². The summed E-state index contributed by atoms with van der Waals surface area (Å²) >= 11 is 3.10. The minimum absolute atomic E-state index is 0.136. The van der Waals surface area contributed by atoms with Crippen LogP contribution in [0.15, 0.2) is 40.2 Å². The topological polar surface area (TPSA) is 70.2 Å². The minimum atomic E-state index is -0.136. The molecule has 1 N–H and O–H groups in total. The first kappa shape index (κ1) is 22.7. The summed E-state index contributed by atoms with van der Waals surface area (Å²) in [4.78, 5) is 19.2. The van der Waals surface area contributed by atoms with E-state index in [-0.39, 0.29) is 5.91 Å². The highest BCUT2D eigenvalue weighted by molar-refractivity contribution is 8.18. The molecule has 34 heavy (non-hydrogen) atoms. The second-order valence-electron chi connectivity index (χ2n) is 8.67. The quantitative estimate of drug-likeness (QED) is 0.436. The third kappa shape index (κ3) is 4.13. The van der Waals surface area contributed by atoms with Gasteiger partial charge >= 0.3 is 0 Å². The molecule has 0 atom stereocenters. The number of nitrogens with zero attached hydrogens (tertiary/aromatic N) is 3. The van der Waals surface area contributed by atoms with Gasteiger partial charge in [0.1, 0.15) is 11.1 Å². The number of aliphatic imine (C=N–C) groups is 1. The van der Waals surface area contributed by atoms with Crippen LogP contribution in [0.5, 0.6) is 0 Å². The van der Waals surface area contributed by atoms with Crippen LogP contribution in [-0.2, 0) is 24.1 Å². The highest BCUT2D eigenvalue weighted by Gasteiger charge is 2.26. The summed E-state index contributed by atoms with van der Waals surface area (Å²) in [6.07, 6.45) is 7.31. The zero-order valence-electron chi connectivity index (χ0n) is 19.6. The van der Waals surface area contributed by atoms with Crippen molar-refractivity contribution in [2.24, 2.45) is 4.99 Å². The summed E-state index contributed by atoms with van der Waals surface area (Å²) in [5, 5.41) is 14.4. The smallest absolute Gasteiger partial charge is 0.264 e. The van der Waals surface area contributed by atoms with Gasteiger partial charge in [-0.05, 0) is 98.7 Å². The molecule has 3 aromatic rings. The van der Waals surface area contributed by atoms with Gasteiger partial charge in [0, 0.05) is 16.3 Å². The Morgan fingerprint density at radius 1 is 1.21 bits per heavy atom. The summed E-state index contributed by atoms with van der Waals surface area (Å²) in [5.41, 5.74) is 7.22. The monoisotopic (exact) mass is 486 g/mol. The van der Waals surface area contributed by atoms with Crippen molar-refractivity contribution < 1.29 is 4.79 Å². The Labute approximate surface area is 208 Å². The molecule has 0 spiro atoms. The molecule has 2 aliphatic rings. The molecule has 1 aliphatic carbocycles. The summed E-state index contributed by atoms with van der Waals surface area (Å²) in [7, 11) is 0. The van der Waals surface area contributed by atoms with Crippen LogP contribution in [-0.4, -0.2) is 15.6 Å². The first-order valence-corrected chi connectivity index (χ1v) is 13.2. The third-order valence-electron chi connectivity index (χ3n) is 6.45. The Morgan fingerprint density at radius 3 is 2.71 bits per heavy atom. The minimum Gasteiger partial charge on any atom is -0.308 e. The molecule has 1 aliphatic heterocycles. The number of nitrogens with one attached hydrogen (secondary N) is 1. The highest BCUT2D eigenvalue weighted by atomic mass is 32.2. The molecule has 1 saturated heterocycles. The SMILES string of the molecule is CCc1ccc(N=C2NC(=O)/C(=C/c3cc(C)n(-c4sc5c(c4C#N)CCCC5)c3C)S2)cc1. The van der Waals surface area contributed by atoms with Crippen molar-refractivity contribution in [2.45, 2.75) is 52.9 Å². The zero-order valence-corrected chi connectivity index (χ0v) is 21.2. The van der Waals surface area contributed by atoms with Gasteiger partial charge in [-0.2, -0.15) is 5.26 Å². The number of thioether (sulfide) groups is 1. The number of benzene rings is 1. The van der Waals surface area contributed by atoms with Crippen LogP contribution in [0.2, 0.25) is 0 Å². The van der Waals surface area contributed by atoms with Gasteiger partial charge in [-0.15, -0.1) is 11.3 Å². The molecule has 0 unspecified atom stereocenters. The number of hydrogen-bond acceptors (Lipinski definition) is 5. The normalized spacial score (nSPS) is 17.8. The lowest BCUT2D eigenvalue weighted by Gasteiger charge is -2.10. The van der Waals surface area contributed by atoms with E-state index in [9.17, 15) is 10.1 Å². The molecular weight excluding hydrogens is 460 g/mol. The van der Waals surface area contributed by atoms with Gasteiger partial charge in [0.2, 0.25) is 0 Å². The van der Waals surface area contributed by atoms with Crippen molar-refractivity contribution in [2.75, 3.05) is 0 Å². The van der Waals surface area contributed by atoms with Crippen LogP contribution in [0.1, 0.15) is 58.3 Å². The lowest BCUT2D eigenvalue weighted by molar-refractivity contribution is -0.115. The zero-order chi connectivity index (χ0) is 23.8. The summed E-state index contributed by atoms with van der Waals surface area (Å²) in [6.45, 7) is 6.24. The summed E-state index contributed by atoms with van der Waals surface area (Å²) < 4.78 is 2.18. The van der Waals surface area contributed by atoms with Crippen LogP contribution in [0.25, 0.3) is 11.1 Å². The number of rotatable bonds is 4. The molecule has 2 aromatic heterocycles. The maximum absolute atomic E-state index is 12.7. The molecule has 0 bridgehead atoms. The van der Waals surface area contributed by atoms with Gasteiger partial charge in [0.05, 0.1) is 16.2 Å². The van der Waals surface area contributed by atoms with E-state index in [0.29, 0.717) is 10.1 Å². The standard InChI is InChI=1S/C27H26N4OS2/c1-4-18-9-11-20(12-10-18)29-27-30-25(32)24(34-27)14-19-13-16(2)31(17(19)3)26-22(15-28)21-7-5-6-8-23(21)33-26/h9-14H,4-8H2,1-3H3,(H,29,30,32)/b24-14-. The van der Waals surface area contributed by atoms with E-state index >= 15 is 0 Å². The van der Waals surface area contributed by atoms with E-state index in [0.717, 1.165) is 58.9 Å². The summed E-state index contributed by atoms with van der Waals surface area (Å²) in [6, 6.07) is 12.6. The molecule has 172 valence electrons. The number of fused-ring (bicyclic) bond motifs is 1. The van der Waals surface area contributed by atoms with Crippen LogP contribution in [0, 0.1) is 25.2 Å². The lowest BCUT2D eigenvalue weighted by atomic mass is 9.96. The number of aromatic nitrogens is 1. The van der Waals surface area contributed by atoms with Gasteiger partial charge < -0.3 is 9.88 Å². The fourth-order valence-electron chi connectivity index (χ4n) is 4.62. The maximum atomic E-state index is 12.7. The largest absolute Gasteiger partial charge is 0.308 e. The van der Waals surface area contributed by atoms with Gasteiger partial charge in [-0.3, -0.25) is 4.79 Å². The number of amides is 1. The van der Waals surface area contributed by atoms with Gasteiger partial charge in [0.15, 0.2) is 5.17 Å². The Balaban J connectivity index is 1.46. The molecule has 5 nitrogen and oxygen atoms in total. The first-order valence-electron chi connectivity index (χ1n) is 11.6. The predicted molar refractivity (Wildman–Crippen MR) is 141 cm³/mol. The summed E-state index contributed by atoms with van der Waals surface area (Å²) in [5.74, 6) is -0.136. The fourth-order valence-corrected chi connectivity index (χ4v) is 6.90. The Kier molecular flexibility index (Phi) is 6.20. The molecule has 1 aromatic carbocycles. The van der Waals surface area contributed by atoms with E-state index in [2.05, 4.69) is 59.9 Å². The van der Waals surface area contributed by atoms with Crippen molar-refractivity contribution in [3.8, 4) is 11.1 Å². The average molecular weight is 487 g/mol. The van der Waals surface area contributed by atoms with E-state index in [1.54, 1.807) is 11.3 Å². The van der Waals surface area contributed by atoms with E-state index in [1.165, 1.54) is 34.2 Å². The van der Waals surface area contributed by atoms with Gasteiger partial charge in [-0.25, -0.2) is 4.99 Å². The molecule has 1 amide bonds. The second-order valence-corrected chi connectivity index (χ2v) is 10.8. The Morgan fingerprint density at radius 2 is 1.97 bits per heavy atom. The number of hydrogen-bond donors (Lipinski definition) is 1. The van der Waals surface area contributed by atoms with Crippen LogP contribution in [0.4, 0.5) is 5.69 Å². The van der Waals surface area contributed by atoms with Crippen molar-refractivity contribution >= 4 is 45.9 Å². The Bertz CT molecular complexity index is 1380. The number of amidine groups is 1. The number of thiophene rings is 1. The van der Waals surface area contributed by atoms with E-state index < -0.39 is 0 Å². The van der Waals surface area contributed by atoms with E-state index in [1.807, 2.05) is 18.2 Å². The van der Waals surface area contributed by atoms with Gasteiger partial charge in [-0.1, -0.05) is 19.1 Å². The number of aryl methyl sites for hydroxylation is 3. The molecule has 1 fully saturated rings. The molecule has 0 radical (unpaired) electrons. The molecule has 7 heteroatoms. The first-order chi connectivity index (χ1) is 16.5. The number of carbonyl (C=O) groups is 1. The van der Waals surface area contributed by atoms with Crippen molar-refractivity contribution in [3.63, 3.8) is 0 Å². The van der Waals surface area contributed by atoms with Crippen LogP contribution >= 0.6 is 23.1 Å². The predicted octanol–water partition coefficient (Wildman–Crippen LogP) is 6.36. The fraction of sp³-hybridized carbons (Fsp3) is 0.296. The van der Waals surface area contributed by atoms with E-state index in [4.69, 9.17) is 0 Å². The second kappa shape index (κ2) is 9.28. The number of nitriles is 1. The van der Waals surface area contributed by atoms with Crippen molar-refractivity contribution in [3.05, 3.63) is 73.8 Å².